The molecule has 3 heteroatoms. The molecule has 0 unspecified atom stereocenters. The predicted octanol–water partition coefficient (Wildman–Crippen LogP) is 1.53. The van der Waals surface area contributed by atoms with Crippen LogP contribution in [0, 0.1) is 0 Å². The molecule has 0 amide bonds. The molecule has 3 nitrogen and oxygen atoms in total. The average molecular weight is 227 g/mol. The van der Waals surface area contributed by atoms with Gasteiger partial charge in [0.15, 0.2) is 0 Å². The summed E-state index contributed by atoms with van der Waals surface area (Å²) < 4.78 is 0. The molecule has 2 aliphatic rings. The number of rotatable bonds is 3. The molecule has 2 saturated carbocycles. The third-order valence-corrected chi connectivity index (χ3v) is 4.34. The van der Waals surface area contributed by atoms with Crippen molar-refractivity contribution in [2.75, 3.05) is 13.6 Å². The highest BCUT2D eigenvalue weighted by Gasteiger charge is 2.35. The molecule has 94 valence electrons. The first kappa shape index (κ1) is 12.3. The van der Waals surface area contributed by atoms with Gasteiger partial charge >= 0.3 is 0 Å². The minimum atomic E-state index is -0.480. The predicted molar refractivity (Wildman–Crippen MR) is 64.3 cm³/mol. The minimum Gasteiger partial charge on any atom is -0.391 e. The van der Waals surface area contributed by atoms with Crippen LogP contribution in [0.15, 0.2) is 0 Å². The Morgan fingerprint density at radius 1 is 1.12 bits per heavy atom. The Morgan fingerprint density at radius 3 is 2.38 bits per heavy atom. The van der Waals surface area contributed by atoms with Crippen LogP contribution in [0.4, 0.5) is 0 Å². The van der Waals surface area contributed by atoms with E-state index in [1.54, 1.807) is 0 Å². The Bertz CT molecular complexity index is 226. The van der Waals surface area contributed by atoms with Crippen molar-refractivity contribution in [1.29, 1.82) is 0 Å². The lowest BCUT2D eigenvalue weighted by molar-refractivity contribution is -0.0294. The fourth-order valence-electron chi connectivity index (χ4n) is 3.38. The SMILES string of the molecule is CN(CC1(O)CCCC1)[C@H]1CCCC[C@H]1O. The molecule has 0 heterocycles. The van der Waals surface area contributed by atoms with E-state index in [4.69, 9.17) is 0 Å². The molecule has 2 aliphatic carbocycles. The van der Waals surface area contributed by atoms with E-state index in [2.05, 4.69) is 11.9 Å². The van der Waals surface area contributed by atoms with E-state index in [1.165, 1.54) is 6.42 Å². The lowest BCUT2D eigenvalue weighted by atomic mass is 9.90. The number of aliphatic hydroxyl groups excluding tert-OH is 1. The van der Waals surface area contributed by atoms with Gasteiger partial charge in [-0.1, -0.05) is 25.7 Å². The van der Waals surface area contributed by atoms with Crippen LogP contribution in [-0.4, -0.2) is 46.5 Å². The Labute approximate surface area is 98.5 Å². The summed E-state index contributed by atoms with van der Waals surface area (Å²) in [5.74, 6) is 0. The molecule has 0 aromatic rings. The molecule has 2 fully saturated rings. The zero-order valence-electron chi connectivity index (χ0n) is 10.4. The maximum atomic E-state index is 10.4. The van der Waals surface area contributed by atoms with E-state index >= 15 is 0 Å². The quantitative estimate of drug-likeness (QED) is 0.768. The molecule has 0 aliphatic heterocycles. The van der Waals surface area contributed by atoms with Crippen LogP contribution < -0.4 is 0 Å². The molecule has 2 atom stereocenters. The van der Waals surface area contributed by atoms with Gasteiger partial charge in [0, 0.05) is 12.6 Å². The van der Waals surface area contributed by atoms with Gasteiger partial charge in [-0.25, -0.2) is 0 Å². The topological polar surface area (TPSA) is 43.7 Å². The summed E-state index contributed by atoms with van der Waals surface area (Å²) >= 11 is 0. The third kappa shape index (κ3) is 2.76. The molecule has 16 heavy (non-hydrogen) atoms. The summed E-state index contributed by atoms with van der Waals surface area (Å²) in [6.45, 7) is 0.731. The zero-order chi connectivity index (χ0) is 11.6. The molecule has 0 saturated heterocycles. The summed E-state index contributed by atoms with van der Waals surface area (Å²) in [6.07, 6.45) is 8.33. The number of likely N-dealkylation sites (N-methyl/N-ethyl adjacent to an activating group) is 1. The van der Waals surface area contributed by atoms with Crippen LogP contribution in [0.5, 0.6) is 0 Å². The standard InChI is InChI=1S/C13H25NO2/c1-14(10-13(16)8-4-5-9-13)11-6-2-3-7-12(11)15/h11-12,15-16H,2-10H2,1H3/t11-,12+/m0/s1. The smallest absolute Gasteiger partial charge is 0.0774 e. The van der Waals surface area contributed by atoms with Gasteiger partial charge in [-0.15, -0.1) is 0 Å². The van der Waals surface area contributed by atoms with E-state index in [-0.39, 0.29) is 12.1 Å². The molecule has 0 radical (unpaired) electrons. The van der Waals surface area contributed by atoms with Crippen LogP contribution >= 0.6 is 0 Å². The Morgan fingerprint density at radius 2 is 1.75 bits per heavy atom. The maximum absolute atomic E-state index is 10.4. The van der Waals surface area contributed by atoms with Crippen molar-refractivity contribution in [3.05, 3.63) is 0 Å². The van der Waals surface area contributed by atoms with Crippen LogP contribution in [0.1, 0.15) is 51.4 Å². The Balaban J connectivity index is 1.88. The van der Waals surface area contributed by atoms with Gasteiger partial charge in [0.05, 0.1) is 11.7 Å². The Kier molecular flexibility index (Phi) is 3.88. The summed E-state index contributed by atoms with van der Waals surface area (Å²) in [5, 5.41) is 20.3. The van der Waals surface area contributed by atoms with Crippen LogP contribution in [0.25, 0.3) is 0 Å². The fraction of sp³-hybridized carbons (Fsp3) is 1.00. The van der Waals surface area contributed by atoms with Gasteiger partial charge in [0.1, 0.15) is 0 Å². The largest absolute Gasteiger partial charge is 0.391 e. The van der Waals surface area contributed by atoms with Gasteiger partial charge in [-0.3, -0.25) is 4.90 Å². The molecular weight excluding hydrogens is 202 g/mol. The number of nitrogens with zero attached hydrogens (tertiary/aromatic N) is 1. The molecule has 0 aromatic carbocycles. The van der Waals surface area contributed by atoms with Crippen molar-refractivity contribution >= 4 is 0 Å². The molecule has 0 aromatic heterocycles. The lowest BCUT2D eigenvalue weighted by Crippen LogP contribution is -2.49. The average Bonchev–Trinajstić information content (AvgIpc) is 2.65. The van der Waals surface area contributed by atoms with Gasteiger partial charge < -0.3 is 10.2 Å². The second-order valence-corrected chi connectivity index (χ2v) is 5.77. The van der Waals surface area contributed by atoms with Crippen molar-refractivity contribution in [3.63, 3.8) is 0 Å². The highest BCUT2D eigenvalue weighted by Crippen LogP contribution is 2.32. The van der Waals surface area contributed by atoms with Crippen molar-refractivity contribution in [2.45, 2.75) is 69.1 Å². The van der Waals surface area contributed by atoms with Crippen LogP contribution in [0.3, 0.4) is 0 Å². The number of hydrogen-bond donors (Lipinski definition) is 2. The second kappa shape index (κ2) is 5.03. The molecular formula is C13H25NO2. The van der Waals surface area contributed by atoms with Gasteiger partial charge in [0.25, 0.3) is 0 Å². The van der Waals surface area contributed by atoms with Crippen molar-refractivity contribution in [3.8, 4) is 0 Å². The summed E-state index contributed by atoms with van der Waals surface area (Å²) in [6, 6.07) is 0.262. The molecule has 2 rings (SSSR count). The number of hydrogen-bond acceptors (Lipinski definition) is 3. The van der Waals surface area contributed by atoms with E-state index in [0.717, 1.165) is 51.5 Å². The molecule has 0 spiro atoms. The monoisotopic (exact) mass is 227 g/mol. The number of aliphatic hydroxyl groups is 2. The summed E-state index contributed by atoms with van der Waals surface area (Å²) in [5.41, 5.74) is -0.480. The first-order valence-corrected chi connectivity index (χ1v) is 6.71. The Hall–Kier alpha value is -0.120. The minimum absolute atomic E-state index is 0.191. The fourth-order valence-corrected chi connectivity index (χ4v) is 3.38. The third-order valence-electron chi connectivity index (χ3n) is 4.34. The van der Waals surface area contributed by atoms with Crippen LogP contribution in [0.2, 0.25) is 0 Å². The highest BCUT2D eigenvalue weighted by molar-refractivity contribution is 4.90. The van der Waals surface area contributed by atoms with Crippen LogP contribution in [-0.2, 0) is 0 Å². The normalized spacial score (nSPS) is 34.5. The van der Waals surface area contributed by atoms with E-state index < -0.39 is 5.60 Å². The van der Waals surface area contributed by atoms with Crippen molar-refractivity contribution in [2.24, 2.45) is 0 Å². The van der Waals surface area contributed by atoms with E-state index in [0.29, 0.717) is 0 Å². The van der Waals surface area contributed by atoms with E-state index in [1.807, 2.05) is 0 Å². The first-order chi connectivity index (χ1) is 7.61. The first-order valence-electron chi connectivity index (χ1n) is 6.71. The molecule has 0 bridgehead atoms. The van der Waals surface area contributed by atoms with E-state index in [9.17, 15) is 10.2 Å². The van der Waals surface area contributed by atoms with Gasteiger partial charge in [0.2, 0.25) is 0 Å². The zero-order valence-corrected chi connectivity index (χ0v) is 10.4. The summed E-state index contributed by atoms with van der Waals surface area (Å²) in [4.78, 5) is 2.19. The molecule has 2 N–H and O–H groups in total. The van der Waals surface area contributed by atoms with Gasteiger partial charge in [-0.2, -0.15) is 0 Å². The van der Waals surface area contributed by atoms with Gasteiger partial charge in [-0.05, 0) is 32.7 Å². The second-order valence-electron chi connectivity index (χ2n) is 5.77. The van der Waals surface area contributed by atoms with Crippen molar-refractivity contribution < 1.29 is 10.2 Å². The maximum Gasteiger partial charge on any atom is 0.0774 e. The summed E-state index contributed by atoms with van der Waals surface area (Å²) in [7, 11) is 2.05. The lowest BCUT2D eigenvalue weighted by Gasteiger charge is -2.38. The van der Waals surface area contributed by atoms with Crippen molar-refractivity contribution in [1.82, 2.24) is 4.90 Å². The highest BCUT2D eigenvalue weighted by atomic mass is 16.3.